The monoisotopic (exact) mass is 368 g/mol. The Balaban J connectivity index is 0.00000208. The molecule has 2 aliphatic rings. The third-order valence-corrected chi connectivity index (χ3v) is 6.38. The van der Waals surface area contributed by atoms with Gasteiger partial charge in [0.15, 0.2) is 0 Å². The summed E-state index contributed by atoms with van der Waals surface area (Å²) in [5.74, 6) is 2.41. The van der Waals surface area contributed by atoms with E-state index < -0.39 is 0 Å². The van der Waals surface area contributed by atoms with Crippen molar-refractivity contribution in [2.24, 2.45) is 0 Å². The molecule has 1 aromatic rings. The molecule has 2 N–H and O–H groups in total. The number of thioether (sulfide) groups is 1. The van der Waals surface area contributed by atoms with E-state index in [0.717, 1.165) is 24.6 Å². The summed E-state index contributed by atoms with van der Waals surface area (Å²) < 4.78 is 0. The predicted octanol–water partition coefficient (Wildman–Crippen LogP) is 3.44. The summed E-state index contributed by atoms with van der Waals surface area (Å²) in [6.07, 6.45) is 5.52. The number of rotatable bonds is 5. The van der Waals surface area contributed by atoms with Crippen molar-refractivity contribution in [2.45, 2.75) is 50.5 Å². The lowest BCUT2D eigenvalue weighted by atomic mass is 9.78. The number of nitrogens with one attached hydrogen (secondary N) is 2. The maximum absolute atomic E-state index is 12.3. The minimum atomic E-state index is 0. The Bertz CT molecular complexity index is 540. The van der Waals surface area contributed by atoms with Gasteiger partial charge in [0.2, 0.25) is 5.91 Å². The van der Waals surface area contributed by atoms with Crippen LogP contribution in [0.25, 0.3) is 0 Å². The van der Waals surface area contributed by atoms with E-state index in [1.807, 2.05) is 11.8 Å². The lowest BCUT2D eigenvalue weighted by molar-refractivity contribution is -0.121. The largest absolute Gasteiger partial charge is 0.355 e. The summed E-state index contributed by atoms with van der Waals surface area (Å²) in [6.45, 7) is 3.96. The molecule has 1 aliphatic heterocycles. The maximum Gasteiger partial charge on any atom is 0.221 e. The van der Waals surface area contributed by atoms with Crippen LogP contribution in [0.1, 0.15) is 43.2 Å². The zero-order chi connectivity index (χ0) is 16.1. The summed E-state index contributed by atoms with van der Waals surface area (Å²) in [7, 11) is 0. The summed E-state index contributed by atoms with van der Waals surface area (Å²) in [5, 5.41) is 6.69. The molecule has 134 valence electrons. The van der Waals surface area contributed by atoms with Gasteiger partial charge in [-0.05, 0) is 25.3 Å². The number of hydrogen-bond donors (Lipinski definition) is 2. The van der Waals surface area contributed by atoms with Crippen molar-refractivity contribution in [2.75, 3.05) is 24.6 Å². The fraction of sp³-hybridized carbons (Fsp3) is 0.632. The minimum absolute atomic E-state index is 0. The number of hydrogen-bond acceptors (Lipinski definition) is 3. The predicted molar refractivity (Wildman–Crippen MR) is 105 cm³/mol. The molecule has 5 heteroatoms. The van der Waals surface area contributed by atoms with Crippen LogP contribution in [0, 0.1) is 6.92 Å². The van der Waals surface area contributed by atoms with Crippen molar-refractivity contribution in [3.8, 4) is 0 Å². The molecule has 1 unspecified atom stereocenters. The van der Waals surface area contributed by atoms with Crippen LogP contribution in [0.5, 0.6) is 0 Å². The molecule has 1 aromatic carbocycles. The van der Waals surface area contributed by atoms with E-state index >= 15 is 0 Å². The van der Waals surface area contributed by atoms with Gasteiger partial charge in [0, 0.05) is 42.5 Å². The van der Waals surface area contributed by atoms with Crippen molar-refractivity contribution in [3.63, 3.8) is 0 Å². The van der Waals surface area contributed by atoms with Gasteiger partial charge in [-0.15, -0.1) is 12.4 Å². The third kappa shape index (κ3) is 4.90. The van der Waals surface area contributed by atoms with E-state index in [9.17, 15) is 4.79 Å². The van der Waals surface area contributed by atoms with Gasteiger partial charge in [0.05, 0.1) is 0 Å². The van der Waals surface area contributed by atoms with Crippen LogP contribution >= 0.6 is 24.2 Å². The van der Waals surface area contributed by atoms with E-state index in [1.165, 1.54) is 36.8 Å². The highest BCUT2D eigenvalue weighted by molar-refractivity contribution is 7.99. The summed E-state index contributed by atoms with van der Waals surface area (Å²) >= 11 is 1.94. The fourth-order valence-electron chi connectivity index (χ4n) is 3.91. The van der Waals surface area contributed by atoms with Crippen LogP contribution in [0.4, 0.5) is 0 Å². The van der Waals surface area contributed by atoms with Gasteiger partial charge in [-0.25, -0.2) is 0 Å². The van der Waals surface area contributed by atoms with Crippen molar-refractivity contribution in [1.29, 1.82) is 0 Å². The van der Waals surface area contributed by atoms with Crippen LogP contribution in [0.3, 0.4) is 0 Å². The third-order valence-electron chi connectivity index (χ3n) is 5.25. The average molecular weight is 369 g/mol. The summed E-state index contributed by atoms with van der Waals surface area (Å²) in [6, 6.07) is 9.18. The first-order valence-electron chi connectivity index (χ1n) is 8.83. The number of benzene rings is 1. The van der Waals surface area contributed by atoms with Gasteiger partial charge in [-0.3, -0.25) is 4.79 Å². The zero-order valence-corrected chi connectivity index (χ0v) is 16.1. The van der Waals surface area contributed by atoms with Gasteiger partial charge >= 0.3 is 0 Å². The second kappa shape index (κ2) is 9.12. The van der Waals surface area contributed by atoms with E-state index in [2.05, 4.69) is 41.8 Å². The molecule has 0 radical (unpaired) electrons. The Labute approximate surface area is 156 Å². The lowest BCUT2D eigenvalue weighted by Gasteiger charge is -2.31. The summed E-state index contributed by atoms with van der Waals surface area (Å²) in [4.78, 5) is 12.3. The molecule has 1 amide bonds. The molecule has 24 heavy (non-hydrogen) atoms. The number of amides is 1. The maximum atomic E-state index is 12.3. The second-order valence-corrected chi connectivity index (χ2v) is 8.21. The van der Waals surface area contributed by atoms with Crippen LogP contribution < -0.4 is 10.6 Å². The second-order valence-electron chi connectivity index (χ2n) is 7.06. The van der Waals surface area contributed by atoms with Crippen molar-refractivity contribution < 1.29 is 4.79 Å². The van der Waals surface area contributed by atoms with Crippen LogP contribution in [-0.4, -0.2) is 36.5 Å². The molecular weight excluding hydrogens is 340 g/mol. The van der Waals surface area contributed by atoms with E-state index in [4.69, 9.17) is 0 Å². The van der Waals surface area contributed by atoms with Crippen LogP contribution in [0.2, 0.25) is 0 Å². The van der Waals surface area contributed by atoms with Crippen LogP contribution in [0.15, 0.2) is 24.3 Å². The molecule has 1 saturated heterocycles. The molecule has 3 rings (SSSR count). The lowest BCUT2D eigenvalue weighted by Crippen LogP contribution is -2.44. The highest BCUT2D eigenvalue weighted by Crippen LogP contribution is 2.40. The van der Waals surface area contributed by atoms with Crippen molar-refractivity contribution >= 4 is 30.1 Å². The normalized spacial score (nSPS) is 22.6. The quantitative estimate of drug-likeness (QED) is 0.836. The van der Waals surface area contributed by atoms with Crippen molar-refractivity contribution in [1.82, 2.24) is 10.6 Å². The summed E-state index contributed by atoms with van der Waals surface area (Å²) in [5.41, 5.74) is 2.86. The smallest absolute Gasteiger partial charge is 0.221 e. The number of halogens is 1. The molecule has 1 atom stereocenters. The fourth-order valence-corrected chi connectivity index (χ4v) is 4.86. The first-order valence-corrected chi connectivity index (χ1v) is 9.98. The molecule has 2 fully saturated rings. The van der Waals surface area contributed by atoms with Gasteiger partial charge in [-0.2, -0.15) is 11.8 Å². The first-order chi connectivity index (χ1) is 11.2. The average Bonchev–Trinajstić information content (AvgIpc) is 3.04. The van der Waals surface area contributed by atoms with Crippen molar-refractivity contribution in [3.05, 3.63) is 35.4 Å². The molecule has 0 aromatic heterocycles. The standard InChI is InChI=1S/C19H28N2OS.ClH/c1-15-5-4-6-16(11-15)19(7-2-3-8-19)14-21-18(22)12-17-13-23-10-9-20-17;/h4-6,11,17,20H,2-3,7-10,12-14H2,1H3,(H,21,22);1H. The topological polar surface area (TPSA) is 41.1 Å². The molecule has 1 saturated carbocycles. The Morgan fingerprint density at radius 1 is 1.38 bits per heavy atom. The number of carbonyl (C=O) groups excluding carboxylic acids is 1. The zero-order valence-electron chi connectivity index (χ0n) is 14.5. The van der Waals surface area contributed by atoms with Gasteiger partial charge in [0.25, 0.3) is 0 Å². The molecule has 0 spiro atoms. The molecule has 1 heterocycles. The van der Waals surface area contributed by atoms with Crippen LogP contribution in [-0.2, 0) is 10.2 Å². The first kappa shape index (κ1) is 19.6. The van der Waals surface area contributed by atoms with E-state index in [1.54, 1.807) is 0 Å². The molecule has 0 bridgehead atoms. The Kier molecular flexibility index (Phi) is 7.45. The van der Waals surface area contributed by atoms with E-state index in [0.29, 0.717) is 12.5 Å². The molecule has 1 aliphatic carbocycles. The SMILES string of the molecule is Cc1cccc(C2(CNC(=O)CC3CSCCN3)CCCC2)c1.Cl. The Morgan fingerprint density at radius 2 is 2.17 bits per heavy atom. The Morgan fingerprint density at radius 3 is 2.83 bits per heavy atom. The van der Waals surface area contributed by atoms with E-state index in [-0.39, 0.29) is 23.7 Å². The number of carbonyl (C=O) groups is 1. The van der Waals surface area contributed by atoms with Gasteiger partial charge in [-0.1, -0.05) is 42.7 Å². The highest BCUT2D eigenvalue weighted by Gasteiger charge is 2.36. The van der Waals surface area contributed by atoms with Gasteiger partial charge < -0.3 is 10.6 Å². The molecular formula is C19H29ClN2OS. The van der Waals surface area contributed by atoms with Gasteiger partial charge in [0.1, 0.15) is 0 Å². The number of aryl methyl sites for hydroxylation is 1. The Hall–Kier alpha value is -0.710. The minimum Gasteiger partial charge on any atom is -0.355 e. The molecule has 3 nitrogen and oxygen atoms in total. The highest BCUT2D eigenvalue weighted by atomic mass is 35.5.